The number of aliphatic hydroxyl groups excluding tert-OH is 1. The van der Waals surface area contributed by atoms with Gasteiger partial charge >= 0.3 is 0 Å². The predicted molar refractivity (Wildman–Crippen MR) is 127 cm³/mol. The molecule has 3 heterocycles. The number of ether oxygens (including phenoxy) is 1. The molecule has 8 nitrogen and oxygen atoms in total. The van der Waals surface area contributed by atoms with E-state index in [-0.39, 0.29) is 24.3 Å². The third-order valence-corrected chi connectivity index (χ3v) is 8.14. The van der Waals surface area contributed by atoms with Crippen LogP contribution in [0.25, 0.3) is 0 Å². The molecule has 1 aromatic rings. The van der Waals surface area contributed by atoms with Gasteiger partial charge in [0, 0.05) is 13.6 Å². The zero-order chi connectivity index (χ0) is 24.5. The molecule has 0 saturated carbocycles. The summed E-state index contributed by atoms with van der Waals surface area (Å²) in [4.78, 5) is 42.3. The van der Waals surface area contributed by atoms with Gasteiger partial charge in [0.2, 0.25) is 17.7 Å². The smallest absolute Gasteiger partial charge is 0.245 e. The molecule has 1 aromatic carbocycles. The van der Waals surface area contributed by atoms with Gasteiger partial charge in [-0.15, -0.1) is 0 Å². The minimum Gasteiger partial charge on any atom is -0.394 e. The first-order chi connectivity index (χ1) is 16.4. The average molecular weight is 472 g/mol. The number of amides is 3. The van der Waals surface area contributed by atoms with Gasteiger partial charge in [-0.1, -0.05) is 50.6 Å². The van der Waals surface area contributed by atoms with Crippen molar-refractivity contribution in [1.29, 1.82) is 0 Å². The molecular formula is C26H37N3O5. The van der Waals surface area contributed by atoms with Crippen molar-refractivity contribution in [1.82, 2.24) is 15.5 Å². The number of rotatable bonds is 10. The van der Waals surface area contributed by atoms with Crippen molar-refractivity contribution in [2.24, 2.45) is 11.8 Å². The maximum atomic E-state index is 14.1. The Bertz CT molecular complexity index is 924. The van der Waals surface area contributed by atoms with E-state index < -0.39 is 35.1 Å². The minimum absolute atomic E-state index is 0.225. The van der Waals surface area contributed by atoms with Crippen LogP contribution >= 0.6 is 0 Å². The van der Waals surface area contributed by atoms with Crippen LogP contribution in [0.5, 0.6) is 0 Å². The van der Waals surface area contributed by atoms with Gasteiger partial charge in [-0.3, -0.25) is 14.4 Å². The van der Waals surface area contributed by atoms with Crippen LogP contribution < -0.4 is 10.6 Å². The van der Waals surface area contributed by atoms with E-state index in [4.69, 9.17) is 4.74 Å². The lowest BCUT2D eigenvalue weighted by Crippen LogP contribution is -2.58. The van der Waals surface area contributed by atoms with E-state index in [1.165, 1.54) is 0 Å². The lowest BCUT2D eigenvalue weighted by Gasteiger charge is -2.37. The molecular weight excluding hydrogens is 434 g/mol. The number of hydrogen-bond acceptors (Lipinski definition) is 5. The maximum absolute atomic E-state index is 14.1. The van der Waals surface area contributed by atoms with Crippen molar-refractivity contribution < 1.29 is 24.2 Å². The average Bonchev–Trinajstić information content (AvgIpc) is 3.46. The van der Waals surface area contributed by atoms with Gasteiger partial charge in [-0.05, 0) is 37.7 Å². The molecule has 3 N–H and O–H groups in total. The Kier molecular flexibility index (Phi) is 7.01. The zero-order valence-corrected chi connectivity index (χ0v) is 20.4. The monoisotopic (exact) mass is 471 g/mol. The van der Waals surface area contributed by atoms with Gasteiger partial charge in [-0.2, -0.15) is 0 Å². The van der Waals surface area contributed by atoms with Crippen molar-refractivity contribution >= 4 is 17.7 Å². The molecule has 3 saturated heterocycles. The van der Waals surface area contributed by atoms with E-state index in [9.17, 15) is 19.5 Å². The number of carbonyl (C=O) groups is 3. The molecule has 0 aliphatic carbocycles. The highest BCUT2D eigenvalue weighted by Gasteiger charge is 2.79. The second-order valence-electron chi connectivity index (χ2n) is 9.86. The molecule has 8 heteroatoms. The molecule has 3 aliphatic heterocycles. The Morgan fingerprint density at radius 2 is 1.94 bits per heavy atom. The highest BCUT2D eigenvalue weighted by molar-refractivity contribution is 5.99. The van der Waals surface area contributed by atoms with Crippen LogP contribution in [0.1, 0.15) is 51.5 Å². The highest BCUT2D eigenvalue weighted by Crippen LogP contribution is 2.64. The second kappa shape index (κ2) is 9.66. The van der Waals surface area contributed by atoms with Gasteiger partial charge in [0.25, 0.3) is 0 Å². The van der Waals surface area contributed by atoms with Crippen molar-refractivity contribution in [2.75, 3.05) is 20.2 Å². The number of hydrogen-bond donors (Lipinski definition) is 3. The largest absolute Gasteiger partial charge is 0.394 e. The first-order valence-corrected chi connectivity index (χ1v) is 12.6. The number of nitrogens with zero attached hydrogens (tertiary/aromatic N) is 1. The number of fused-ring (bicyclic) bond motifs is 1. The second-order valence-corrected chi connectivity index (χ2v) is 9.86. The number of nitrogens with one attached hydrogen (secondary N) is 2. The fraction of sp³-hybridized carbons (Fsp3) is 0.654. The van der Waals surface area contributed by atoms with Crippen LogP contribution in [0.4, 0.5) is 0 Å². The van der Waals surface area contributed by atoms with Crippen LogP contribution in [-0.2, 0) is 25.5 Å². The fourth-order valence-electron chi connectivity index (χ4n) is 6.52. The summed E-state index contributed by atoms with van der Waals surface area (Å²) < 4.78 is 6.68. The van der Waals surface area contributed by atoms with Crippen molar-refractivity contribution in [3.05, 3.63) is 35.9 Å². The highest BCUT2D eigenvalue weighted by atomic mass is 16.5. The van der Waals surface area contributed by atoms with Crippen LogP contribution in [0.2, 0.25) is 0 Å². The topological polar surface area (TPSA) is 108 Å². The SMILES string of the molecule is CCCCNC(=O)C1N([C@@H](CO)Cc2ccccc2)C(=O)[C@@H]2[C@H](C(=O)NC)[C@]3(CC)CCC12O3. The van der Waals surface area contributed by atoms with Gasteiger partial charge < -0.3 is 25.4 Å². The minimum atomic E-state index is -1.06. The summed E-state index contributed by atoms with van der Waals surface area (Å²) in [6, 6.07) is 8.15. The van der Waals surface area contributed by atoms with Gasteiger partial charge in [0.15, 0.2) is 0 Å². The molecule has 3 fully saturated rings. The van der Waals surface area contributed by atoms with Crippen LogP contribution in [0, 0.1) is 11.8 Å². The number of benzene rings is 1. The molecule has 1 spiro atoms. The Hall–Kier alpha value is -2.45. The van der Waals surface area contributed by atoms with Gasteiger partial charge in [0.1, 0.15) is 11.6 Å². The summed E-state index contributed by atoms with van der Waals surface area (Å²) in [5, 5.41) is 16.1. The van der Waals surface area contributed by atoms with Crippen molar-refractivity contribution in [3.63, 3.8) is 0 Å². The zero-order valence-electron chi connectivity index (χ0n) is 20.4. The standard InChI is InChI=1S/C26H37N3O5/c1-4-6-14-28-23(32)21-26-13-12-25(5-2,34-26)19(22(31)27-3)20(26)24(33)29(21)18(16-30)15-17-10-8-7-9-11-17/h7-11,18-21,30H,4-6,12-16H2,1-3H3,(H,27,31)(H,28,32)/t18-,19-,20+,21?,25+,26?/m1/s1. The summed E-state index contributed by atoms with van der Waals surface area (Å²) in [6.45, 7) is 4.25. The molecule has 6 atom stereocenters. The van der Waals surface area contributed by atoms with Gasteiger partial charge in [0.05, 0.1) is 30.1 Å². The summed E-state index contributed by atoms with van der Waals surface area (Å²) in [5.74, 6) is -2.16. The molecule has 34 heavy (non-hydrogen) atoms. The van der Waals surface area contributed by atoms with E-state index in [1.807, 2.05) is 37.3 Å². The van der Waals surface area contributed by atoms with E-state index in [1.54, 1.807) is 11.9 Å². The van der Waals surface area contributed by atoms with Crippen molar-refractivity contribution in [3.8, 4) is 0 Å². The van der Waals surface area contributed by atoms with Crippen LogP contribution in [0.15, 0.2) is 30.3 Å². The Balaban J connectivity index is 1.76. The number of unbranched alkanes of at least 4 members (excludes halogenated alkanes) is 1. The summed E-state index contributed by atoms with van der Waals surface area (Å²) in [5.41, 5.74) is -0.847. The lowest BCUT2D eigenvalue weighted by molar-refractivity contribution is -0.151. The van der Waals surface area contributed by atoms with Crippen LogP contribution in [0.3, 0.4) is 0 Å². The predicted octanol–water partition coefficient (Wildman–Crippen LogP) is 1.41. The molecule has 0 aromatic heterocycles. The third kappa shape index (κ3) is 3.71. The molecule has 2 bridgehead atoms. The van der Waals surface area contributed by atoms with Gasteiger partial charge in [-0.25, -0.2) is 0 Å². The van der Waals surface area contributed by atoms with Crippen LogP contribution in [-0.4, -0.2) is 71.2 Å². The summed E-state index contributed by atoms with van der Waals surface area (Å²) >= 11 is 0. The van der Waals surface area contributed by atoms with E-state index in [2.05, 4.69) is 17.6 Å². The number of carbonyl (C=O) groups excluding carboxylic acids is 3. The van der Waals surface area contributed by atoms with E-state index in [0.717, 1.165) is 18.4 Å². The summed E-state index contributed by atoms with van der Waals surface area (Å²) in [7, 11) is 1.57. The quantitative estimate of drug-likeness (QED) is 0.447. The molecule has 186 valence electrons. The third-order valence-electron chi connectivity index (χ3n) is 8.14. The van der Waals surface area contributed by atoms with Crippen molar-refractivity contribution in [2.45, 2.75) is 75.7 Å². The maximum Gasteiger partial charge on any atom is 0.245 e. The number of aliphatic hydroxyl groups is 1. The fourth-order valence-corrected chi connectivity index (χ4v) is 6.52. The molecule has 3 amide bonds. The molecule has 3 aliphatic rings. The Morgan fingerprint density at radius 3 is 2.56 bits per heavy atom. The Labute approximate surface area is 201 Å². The Morgan fingerprint density at radius 1 is 1.21 bits per heavy atom. The summed E-state index contributed by atoms with van der Waals surface area (Å²) in [6.07, 6.45) is 3.93. The first-order valence-electron chi connectivity index (χ1n) is 12.6. The normalized spacial score (nSPS) is 32.5. The lowest BCUT2D eigenvalue weighted by atomic mass is 9.65. The first kappa shape index (κ1) is 24.7. The molecule has 4 rings (SSSR count). The van der Waals surface area contributed by atoms with E-state index in [0.29, 0.717) is 32.2 Å². The molecule has 0 radical (unpaired) electrons. The molecule has 2 unspecified atom stereocenters. The van der Waals surface area contributed by atoms with E-state index >= 15 is 0 Å². The number of likely N-dealkylation sites (tertiary alicyclic amines) is 1.